The van der Waals surface area contributed by atoms with Gasteiger partial charge in [-0.15, -0.1) is 6.58 Å². The highest BCUT2D eigenvalue weighted by Gasteiger charge is 2.18. The molecule has 1 aromatic heterocycles. The highest BCUT2D eigenvalue weighted by Crippen LogP contribution is 2.23. The molecule has 2 unspecified atom stereocenters. The van der Waals surface area contributed by atoms with Gasteiger partial charge in [0.15, 0.2) is 0 Å². The van der Waals surface area contributed by atoms with Crippen molar-refractivity contribution in [3.8, 4) is 0 Å². The summed E-state index contributed by atoms with van der Waals surface area (Å²) in [5, 5.41) is 18.9. The van der Waals surface area contributed by atoms with Crippen LogP contribution in [-0.2, 0) is 0 Å². The van der Waals surface area contributed by atoms with Crippen LogP contribution in [0, 0.1) is 5.92 Å². The molecule has 3 nitrogen and oxygen atoms in total. The van der Waals surface area contributed by atoms with Crippen molar-refractivity contribution in [2.24, 2.45) is 5.92 Å². The first-order valence-electron chi connectivity index (χ1n) is 4.59. The number of hydrogen-bond acceptors (Lipinski definition) is 3. The SMILES string of the molecule is C=CCC(CO)C(O)c1cccnc1. The van der Waals surface area contributed by atoms with E-state index in [-0.39, 0.29) is 12.5 Å². The lowest BCUT2D eigenvalue weighted by atomic mass is 9.95. The first kappa shape index (κ1) is 10.9. The average molecular weight is 193 g/mol. The molecule has 14 heavy (non-hydrogen) atoms. The van der Waals surface area contributed by atoms with E-state index in [0.717, 1.165) is 5.56 Å². The molecular weight excluding hydrogens is 178 g/mol. The quantitative estimate of drug-likeness (QED) is 0.693. The topological polar surface area (TPSA) is 53.4 Å². The van der Waals surface area contributed by atoms with E-state index in [9.17, 15) is 5.11 Å². The van der Waals surface area contributed by atoms with Crippen LogP contribution >= 0.6 is 0 Å². The fraction of sp³-hybridized carbons (Fsp3) is 0.364. The third-order valence-electron chi connectivity index (χ3n) is 2.18. The number of aliphatic hydroxyl groups is 2. The highest BCUT2D eigenvalue weighted by molar-refractivity contribution is 5.13. The molecule has 76 valence electrons. The largest absolute Gasteiger partial charge is 0.396 e. The zero-order valence-electron chi connectivity index (χ0n) is 8.00. The maximum atomic E-state index is 9.86. The molecule has 1 aromatic rings. The third kappa shape index (κ3) is 2.65. The van der Waals surface area contributed by atoms with Gasteiger partial charge in [-0.25, -0.2) is 0 Å². The number of aromatic nitrogens is 1. The smallest absolute Gasteiger partial charge is 0.0857 e. The van der Waals surface area contributed by atoms with Crippen molar-refractivity contribution in [1.82, 2.24) is 4.98 Å². The zero-order valence-corrected chi connectivity index (χ0v) is 8.00. The van der Waals surface area contributed by atoms with Gasteiger partial charge in [0.05, 0.1) is 6.10 Å². The van der Waals surface area contributed by atoms with Crippen molar-refractivity contribution in [1.29, 1.82) is 0 Å². The second-order valence-electron chi connectivity index (χ2n) is 3.20. The van der Waals surface area contributed by atoms with Gasteiger partial charge < -0.3 is 10.2 Å². The summed E-state index contributed by atoms with van der Waals surface area (Å²) in [4.78, 5) is 3.92. The lowest BCUT2D eigenvalue weighted by Gasteiger charge is -2.19. The molecule has 0 aliphatic heterocycles. The molecular formula is C11H15NO2. The van der Waals surface area contributed by atoms with Gasteiger partial charge in [-0.1, -0.05) is 12.1 Å². The van der Waals surface area contributed by atoms with E-state index in [4.69, 9.17) is 5.11 Å². The van der Waals surface area contributed by atoms with Gasteiger partial charge in [0.25, 0.3) is 0 Å². The predicted molar refractivity (Wildman–Crippen MR) is 54.6 cm³/mol. The standard InChI is InChI=1S/C11H15NO2/c1-2-4-10(8-13)11(14)9-5-3-6-12-7-9/h2-3,5-7,10-11,13-14H,1,4,8H2. The fourth-order valence-electron chi connectivity index (χ4n) is 1.34. The molecule has 0 amide bonds. The molecule has 1 heterocycles. The van der Waals surface area contributed by atoms with Crippen LogP contribution in [0.1, 0.15) is 18.1 Å². The monoisotopic (exact) mass is 193 g/mol. The summed E-state index contributed by atoms with van der Waals surface area (Å²) in [6.07, 6.45) is 4.87. The van der Waals surface area contributed by atoms with Crippen molar-refractivity contribution in [2.75, 3.05) is 6.61 Å². The predicted octanol–water partition coefficient (Wildman–Crippen LogP) is 1.30. The van der Waals surface area contributed by atoms with Gasteiger partial charge in [-0.05, 0) is 18.1 Å². The second-order valence-corrected chi connectivity index (χ2v) is 3.20. The third-order valence-corrected chi connectivity index (χ3v) is 2.18. The number of aliphatic hydroxyl groups excluding tert-OH is 2. The lowest BCUT2D eigenvalue weighted by molar-refractivity contribution is 0.0682. The molecule has 0 aliphatic rings. The minimum atomic E-state index is -0.674. The Kier molecular flexibility index (Phi) is 4.29. The molecule has 0 saturated heterocycles. The summed E-state index contributed by atoms with van der Waals surface area (Å²) in [6, 6.07) is 3.56. The molecule has 0 fully saturated rings. The first-order chi connectivity index (χ1) is 6.79. The number of allylic oxidation sites excluding steroid dienone is 1. The number of nitrogens with zero attached hydrogens (tertiary/aromatic N) is 1. The van der Waals surface area contributed by atoms with E-state index in [1.165, 1.54) is 0 Å². The average Bonchev–Trinajstić information content (AvgIpc) is 2.26. The molecule has 1 rings (SSSR count). The van der Waals surface area contributed by atoms with E-state index in [2.05, 4.69) is 11.6 Å². The Hall–Kier alpha value is -1.19. The van der Waals surface area contributed by atoms with E-state index in [1.807, 2.05) is 0 Å². The number of rotatable bonds is 5. The Morgan fingerprint density at radius 2 is 2.36 bits per heavy atom. The molecule has 0 saturated carbocycles. The molecule has 0 aromatic carbocycles. The van der Waals surface area contributed by atoms with E-state index in [0.29, 0.717) is 6.42 Å². The number of pyridine rings is 1. The Balaban J connectivity index is 2.72. The van der Waals surface area contributed by atoms with Crippen LogP contribution in [0.15, 0.2) is 37.2 Å². The molecule has 2 N–H and O–H groups in total. The van der Waals surface area contributed by atoms with Gasteiger partial charge in [-0.3, -0.25) is 4.98 Å². The molecule has 3 heteroatoms. The Labute approximate surface area is 83.7 Å². The van der Waals surface area contributed by atoms with Crippen molar-refractivity contribution < 1.29 is 10.2 Å². The van der Waals surface area contributed by atoms with Crippen molar-refractivity contribution >= 4 is 0 Å². The van der Waals surface area contributed by atoms with Crippen LogP contribution < -0.4 is 0 Å². The zero-order chi connectivity index (χ0) is 10.4. The van der Waals surface area contributed by atoms with Crippen molar-refractivity contribution in [2.45, 2.75) is 12.5 Å². The second kappa shape index (κ2) is 5.52. The lowest BCUT2D eigenvalue weighted by Crippen LogP contribution is -2.16. The van der Waals surface area contributed by atoms with Crippen LogP contribution in [0.2, 0.25) is 0 Å². The van der Waals surface area contributed by atoms with Crippen LogP contribution in [0.4, 0.5) is 0 Å². The van der Waals surface area contributed by atoms with Crippen molar-refractivity contribution in [3.63, 3.8) is 0 Å². The van der Waals surface area contributed by atoms with Crippen LogP contribution in [-0.4, -0.2) is 21.8 Å². The fourth-order valence-corrected chi connectivity index (χ4v) is 1.34. The summed E-state index contributed by atoms with van der Waals surface area (Å²) >= 11 is 0. The maximum Gasteiger partial charge on any atom is 0.0857 e. The highest BCUT2D eigenvalue weighted by atomic mass is 16.3. The molecule has 0 bridgehead atoms. The van der Waals surface area contributed by atoms with E-state index in [1.54, 1.807) is 30.6 Å². The van der Waals surface area contributed by atoms with Crippen LogP contribution in [0.25, 0.3) is 0 Å². The van der Waals surface area contributed by atoms with E-state index < -0.39 is 6.10 Å². The summed E-state index contributed by atoms with van der Waals surface area (Å²) in [7, 11) is 0. The summed E-state index contributed by atoms with van der Waals surface area (Å²) in [5.41, 5.74) is 0.730. The maximum absolute atomic E-state index is 9.86. The normalized spacial score (nSPS) is 14.7. The Morgan fingerprint density at radius 1 is 1.57 bits per heavy atom. The molecule has 0 spiro atoms. The van der Waals surface area contributed by atoms with Gasteiger partial charge in [0.1, 0.15) is 0 Å². The number of hydrogen-bond donors (Lipinski definition) is 2. The van der Waals surface area contributed by atoms with Gasteiger partial charge in [-0.2, -0.15) is 0 Å². The van der Waals surface area contributed by atoms with Gasteiger partial charge >= 0.3 is 0 Å². The van der Waals surface area contributed by atoms with Crippen molar-refractivity contribution in [3.05, 3.63) is 42.7 Å². The summed E-state index contributed by atoms with van der Waals surface area (Å²) in [5.74, 6) is -0.198. The molecule has 2 atom stereocenters. The Bertz CT molecular complexity index is 274. The molecule has 0 radical (unpaired) electrons. The molecule has 0 aliphatic carbocycles. The summed E-state index contributed by atoms with van der Waals surface area (Å²) < 4.78 is 0. The first-order valence-corrected chi connectivity index (χ1v) is 4.59. The van der Waals surface area contributed by atoms with Gasteiger partial charge in [0.2, 0.25) is 0 Å². The van der Waals surface area contributed by atoms with Crippen LogP contribution in [0.5, 0.6) is 0 Å². The minimum Gasteiger partial charge on any atom is -0.396 e. The Morgan fingerprint density at radius 3 is 2.86 bits per heavy atom. The van der Waals surface area contributed by atoms with Crippen LogP contribution in [0.3, 0.4) is 0 Å². The summed E-state index contributed by atoms with van der Waals surface area (Å²) in [6.45, 7) is 3.53. The van der Waals surface area contributed by atoms with E-state index >= 15 is 0 Å². The minimum absolute atomic E-state index is 0.0535. The van der Waals surface area contributed by atoms with Gasteiger partial charge in [0, 0.05) is 24.9 Å².